The maximum absolute atomic E-state index is 12.0. The summed E-state index contributed by atoms with van der Waals surface area (Å²) in [6.45, 7) is 8.92. The van der Waals surface area contributed by atoms with Crippen molar-refractivity contribution >= 4 is 18.5 Å². The van der Waals surface area contributed by atoms with Crippen LogP contribution in [0.4, 0.5) is 0 Å². The Labute approximate surface area is 126 Å². The van der Waals surface area contributed by atoms with E-state index in [-0.39, 0.29) is 24.2 Å². The first-order chi connectivity index (χ1) is 9.80. The van der Waals surface area contributed by atoms with Crippen LogP contribution in [0.2, 0.25) is 0 Å². The molecule has 0 aliphatic carbocycles. The molecule has 0 spiro atoms. The summed E-state index contributed by atoms with van der Waals surface area (Å²) in [6, 6.07) is 5.88. The van der Waals surface area contributed by atoms with Gasteiger partial charge in [-0.3, -0.25) is 4.79 Å². The normalized spacial score (nSPS) is 23.4. The number of benzene rings is 1. The average molecular weight is 287 g/mol. The summed E-state index contributed by atoms with van der Waals surface area (Å²) < 4.78 is 12.2. The topological polar surface area (TPSA) is 47.6 Å². The van der Waals surface area contributed by atoms with Gasteiger partial charge in [0.15, 0.2) is 0 Å². The molecule has 2 aliphatic rings. The molecule has 1 saturated heterocycles. The predicted molar refractivity (Wildman–Crippen MR) is 82.8 cm³/mol. The number of carbonyl (C=O) groups is 1. The summed E-state index contributed by atoms with van der Waals surface area (Å²) in [4.78, 5) is 12.0. The lowest BCUT2D eigenvalue weighted by Gasteiger charge is -2.32. The van der Waals surface area contributed by atoms with Crippen molar-refractivity contribution in [2.75, 3.05) is 6.54 Å². The number of fused-ring (bicyclic) bond motifs is 1. The van der Waals surface area contributed by atoms with Gasteiger partial charge in [-0.2, -0.15) is 0 Å². The predicted octanol–water partition coefficient (Wildman–Crippen LogP) is 1.66. The molecule has 2 heterocycles. The zero-order chi connectivity index (χ0) is 15.3. The Hall–Kier alpha value is -1.33. The van der Waals surface area contributed by atoms with Crippen molar-refractivity contribution in [2.24, 2.45) is 0 Å². The molecule has 21 heavy (non-hydrogen) atoms. The molecule has 0 bridgehead atoms. The quantitative estimate of drug-likeness (QED) is 0.799. The molecular formula is C16H22BNO3. The smallest absolute Gasteiger partial charge is 0.399 e. The zero-order valence-electron chi connectivity index (χ0n) is 13.2. The molecule has 0 unspecified atom stereocenters. The van der Waals surface area contributed by atoms with Crippen LogP contribution in [0.3, 0.4) is 0 Å². The van der Waals surface area contributed by atoms with Crippen LogP contribution in [0.5, 0.6) is 0 Å². The first-order valence-corrected chi connectivity index (χ1v) is 7.57. The first kappa shape index (κ1) is 14.6. The molecule has 112 valence electrons. The molecule has 1 N–H and O–H groups in total. The molecule has 1 amide bonds. The summed E-state index contributed by atoms with van der Waals surface area (Å²) in [5.74, 6) is 0.0166. The zero-order valence-corrected chi connectivity index (χ0v) is 13.2. The molecule has 3 rings (SSSR count). The fourth-order valence-corrected chi connectivity index (χ4v) is 2.74. The lowest BCUT2D eigenvalue weighted by Crippen LogP contribution is -2.41. The molecule has 5 heteroatoms. The van der Waals surface area contributed by atoms with Crippen LogP contribution in [-0.2, 0) is 15.7 Å². The van der Waals surface area contributed by atoms with Gasteiger partial charge in [-0.05, 0) is 57.6 Å². The summed E-state index contributed by atoms with van der Waals surface area (Å²) in [5, 5.41) is 2.91. The highest BCUT2D eigenvalue weighted by Crippen LogP contribution is 2.36. The molecule has 0 atom stereocenters. The van der Waals surface area contributed by atoms with E-state index >= 15 is 0 Å². The van der Waals surface area contributed by atoms with Crippen molar-refractivity contribution in [1.82, 2.24) is 5.32 Å². The maximum Gasteiger partial charge on any atom is 0.494 e. The highest BCUT2D eigenvalue weighted by Gasteiger charge is 2.51. The second-order valence-electron chi connectivity index (χ2n) is 6.86. The van der Waals surface area contributed by atoms with Crippen molar-refractivity contribution in [3.63, 3.8) is 0 Å². The van der Waals surface area contributed by atoms with E-state index in [0.717, 1.165) is 36.0 Å². The summed E-state index contributed by atoms with van der Waals surface area (Å²) in [5.41, 5.74) is 2.15. The SMILES string of the molecule is CC1(C)OB(c2ccc3c(c2)CCCNC3=O)OC1(C)C. The van der Waals surface area contributed by atoms with Gasteiger partial charge in [-0.15, -0.1) is 0 Å². The van der Waals surface area contributed by atoms with Gasteiger partial charge in [0.2, 0.25) is 0 Å². The highest BCUT2D eigenvalue weighted by molar-refractivity contribution is 6.62. The molecule has 0 aromatic heterocycles. The highest BCUT2D eigenvalue weighted by atomic mass is 16.7. The van der Waals surface area contributed by atoms with Crippen molar-refractivity contribution in [3.05, 3.63) is 29.3 Å². The van der Waals surface area contributed by atoms with Crippen LogP contribution in [0, 0.1) is 0 Å². The number of aryl methyl sites for hydroxylation is 1. The van der Waals surface area contributed by atoms with Crippen LogP contribution in [0.15, 0.2) is 18.2 Å². The van der Waals surface area contributed by atoms with E-state index in [1.165, 1.54) is 0 Å². The Kier molecular flexibility index (Phi) is 3.37. The van der Waals surface area contributed by atoms with Crippen LogP contribution in [0.1, 0.15) is 50.0 Å². The van der Waals surface area contributed by atoms with Crippen LogP contribution in [-0.4, -0.2) is 30.8 Å². The molecule has 2 aliphatic heterocycles. The second kappa shape index (κ2) is 4.85. The molecule has 0 radical (unpaired) electrons. The number of amides is 1. The minimum Gasteiger partial charge on any atom is -0.399 e. The van der Waals surface area contributed by atoms with Crippen LogP contribution in [0.25, 0.3) is 0 Å². The second-order valence-corrected chi connectivity index (χ2v) is 6.86. The Bertz CT molecular complexity index is 567. The third kappa shape index (κ3) is 2.49. The van der Waals surface area contributed by atoms with E-state index in [9.17, 15) is 4.79 Å². The van der Waals surface area contributed by atoms with Gasteiger partial charge in [0.25, 0.3) is 5.91 Å². The molecule has 4 nitrogen and oxygen atoms in total. The maximum atomic E-state index is 12.0. The number of hydrogen-bond donors (Lipinski definition) is 1. The van der Waals surface area contributed by atoms with Gasteiger partial charge in [-0.25, -0.2) is 0 Å². The van der Waals surface area contributed by atoms with Crippen LogP contribution >= 0.6 is 0 Å². The van der Waals surface area contributed by atoms with E-state index in [1.54, 1.807) is 0 Å². The molecule has 0 saturated carbocycles. The monoisotopic (exact) mass is 287 g/mol. The summed E-state index contributed by atoms with van der Waals surface area (Å²) in [7, 11) is -0.369. The van der Waals surface area contributed by atoms with E-state index in [1.807, 2.05) is 39.8 Å². The van der Waals surface area contributed by atoms with Gasteiger partial charge < -0.3 is 14.6 Å². The Morgan fingerprint density at radius 3 is 2.48 bits per heavy atom. The van der Waals surface area contributed by atoms with Crippen LogP contribution < -0.4 is 10.8 Å². The minimum atomic E-state index is -0.369. The molecule has 1 fully saturated rings. The summed E-state index contributed by atoms with van der Waals surface area (Å²) in [6.07, 6.45) is 1.87. The number of hydrogen-bond acceptors (Lipinski definition) is 3. The minimum absolute atomic E-state index is 0.0166. The van der Waals surface area contributed by atoms with Crippen molar-refractivity contribution in [1.29, 1.82) is 0 Å². The third-order valence-corrected chi connectivity index (χ3v) is 4.81. The van der Waals surface area contributed by atoms with Gasteiger partial charge >= 0.3 is 7.12 Å². The van der Waals surface area contributed by atoms with E-state index in [0.29, 0.717) is 0 Å². The van der Waals surface area contributed by atoms with Gasteiger partial charge in [0, 0.05) is 12.1 Å². The standard InChI is InChI=1S/C16H22BNO3/c1-15(2)16(3,4)21-17(20-15)12-7-8-13-11(10-12)6-5-9-18-14(13)19/h7-8,10H,5-6,9H2,1-4H3,(H,18,19). The fraction of sp³-hybridized carbons (Fsp3) is 0.562. The number of rotatable bonds is 1. The lowest BCUT2D eigenvalue weighted by atomic mass is 9.77. The van der Waals surface area contributed by atoms with Crippen molar-refractivity contribution < 1.29 is 14.1 Å². The van der Waals surface area contributed by atoms with E-state index in [4.69, 9.17) is 9.31 Å². The third-order valence-electron chi connectivity index (χ3n) is 4.81. The Balaban J connectivity index is 1.92. The van der Waals surface area contributed by atoms with Gasteiger partial charge in [-0.1, -0.05) is 12.1 Å². The fourth-order valence-electron chi connectivity index (χ4n) is 2.74. The van der Waals surface area contributed by atoms with E-state index < -0.39 is 0 Å². The molecule has 1 aromatic rings. The van der Waals surface area contributed by atoms with Crippen molar-refractivity contribution in [3.8, 4) is 0 Å². The lowest BCUT2D eigenvalue weighted by molar-refractivity contribution is 0.00578. The van der Waals surface area contributed by atoms with E-state index in [2.05, 4.69) is 11.4 Å². The molecule has 1 aromatic carbocycles. The Morgan fingerprint density at radius 1 is 1.14 bits per heavy atom. The number of carbonyl (C=O) groups excluding carboxylic acids is 1. The van der Waals surface area contributed by atoms with Gasteiger partial charge in [0.1, 0.15) is 0 Å². The average Bonchev–Trinajstić information content (AvgIpc) is 2.54. The van der Waals surface area contributed by atoms with Gasteiger partial charge in [0.05, 0.1) is 11.2 Å². The first-order valence-electron chi connectivity index (χ1n) is 7.57. The summed E-state index contributed by atoms with van der Waals surface area (Å²) >= 11 is 0. The largest absolute Gasteiger partial charge is 0.494 e. The molecular weight excluding hydrogens is 265 g/mol. The number of nitrogens with one attached hydrogen (secondary N) is 1. The Morgan fingerprint density at radius 2 is 1.81 bits per heavy atom. The van der Waals surface area contributed by atoms with Crippen molar-refractivity contribution in [2.45, 2.75) is 51.7 Å².